The highest BCUT2D eigenvalue weighted by Crippen LogP contribution is 2.03. The van der Waals surface area contributed by atoms with Crippen molar-refractivity contribution in [3.8, 4) is 0 Å². The lowest BCUT2D eigenvalue weighted by molar-refractivity contribution is 0.0450. The third-order valence-electron chi connectivity index (χ3n) is 2.27. The van der Waals surface area contributed by atoms with Crippen LogP contribution in [-0.2, 0) is 4.74 Å². The monoisotopic (exact) mass is 364 g/mol. The van der Waals surface area contributed by atoms with Crippen molar-refractivity contribution in [2.45, 2.75) is 6.10 Å². The predicted octanol–water partition coefficient (Wildman–Crippen LogP) is -1.60. The summed E-state index contributed by atoms with van der Waals surface area (Å²) in [6.07, 6.45) is -0.954. The van der Waals surface area contributed by atoms with E-state index in [4.69, 9.17) is 35.7 Å². The summed E-state index contributed by atoms with van der Waals surface area (Å²) >= 11 is 0. The fourth-order valence-corrected chi connectivity index (χ4v) is 1.04. The van der Waals surface area contributed by atoms with Gasteiger partial charge in [-0.25, -0.2) is 9.59 Å². The maximum absolute atomic E-state index is 10.3. The second-order valence-electron chi connectivity index (χ2n) is 4.27. The molecule has 7 N–H and O–H groups in total. The summed E-state index contributed by atoms with van der Waals surface area (Å²) < 4.78 is 4.63. The Bertz CT molecular complexity index is 419. The molecule has 0 aliphatic carbocycles. The minimum Gasteiger partial charge on any atom is -0.478 e. The number of hydrogen-bond acceptors (Lipinski definition) is 8. The Labute approximate surface area is 144 Å². The first-order valence-corrected chi connectivity index (χ1v) is 7.09. The molecule has 0 saturated heterocycles. The lowest BCUT2D eigenvalue weighted by Gasteiger charge is -1.96. The topological polar surface area (TPSA) is 185 Å². The molecule has 1 rings (SSSR count). The SMILES string of the molecule is O=C(O)c1ccc(C(=O)O)cc1.OCC(O)CO.OCCOCCO. The molecule has 0 aliphatic rings. The van der Waals surface area contributed by atoms with E-state index in [1.54, 1.807) is 0 Å². The van der Waals surface area contributed by atoms with E-state index in [2.05, 4.69) is 4.74 Å². The molecule has 25 heavy (non-hydrogen) atoms. The number of ether oxygens (including phenoxy) is 1. The molecule has 10 nitrogen and oxygen atoms in total. The molecule has 0 bridgehead atoms. The Kier molecular flexibility index (Phi) is 16.9. The Morgan fingerprint density at radius 1 is 0.800 bits per heavy atom. The zero-order valence-electron chi connectivity index (χ0n) is 13.5. The molecule has 1 aromatic rings. The van der Waals surface area contributed by atoms with Crippen LogP contribution in [0, 0.1) is 0 Å². The quantitative estimate of drug-likeness (QED) is 0.265. The van der Waals surface area contributed by atoms with E-state index >= 15 is 0 Å². The average molecular weight is 364 g/mol. The maximum atomic E-state index is 10.3. The van der Waals surface area contributed by atoms with Crippen LogP contribution in [0.2, 0.25) is 0 Å². The van der Waals surface area contributed by atoms with E-state index < -0.39 is 18.0 Å². The molecule has 0 atom stereocenters. The van der Waals surface area contributed by atoms with Crippen LogP contribution in [0.25, 0.3) is 0 Å². The lowest BCUT2D eigenvalue weighted by atomic mass is 10.1. The molecule has 144 valence electrons. The molecule has 0 saturated carbocycles. The summed E-state index contributed by atoms with van der Waals surface area (Å²) in [7, 11) is 0. The van der Waals surface area contributed by atoms with Crippen LogP contribution in [0.3, 0.4) is 0 Å². The molecule has 0 fully saturated rings. The molecule has 0 radical (unpaired) electrons. The number of rotatable bonds is 8. The highest BCUT2D eigenvalue weighted by Gasteiger charge is 2.04. The van der Waals surface area contributed by atoms with Crippen LogP contribution in [0.15, 0.2) is 24.3 Å². The van der Waals surface area contributed by atoms with Crippen LogP contribution in [-0.4, -0.2) is 93.4 Å². The van der Waals surface area contributed by atoms with Crippen LogP contribution in [0.4, 0.5) is 0 Å². The molecule has 10 heteroatoms. The van der Waals surface area contributed by atoms with Crippen molar-refractivity contribution >= 4 is 11.9 Å². The predicted molar refractivity (Wildman–Crippen MR) is 85.5 cm³/mol. The van der Waals surface area contributed by atoms with Crippen LogP contribution >= 0.6 is 0 Å². The number of carbonyl (C=O) groups is 2. The third-order valence-corrected chi connectivity index (χ3v) is 2.27. The first kappa shape index (κ1) is 25.2. The highest BCUT2D eigenvalue weighted by atomic mass is 16.5. The van der Waals surface area contributed by atoms with Gasteiger partial charge in [-0.2, -0.15) is 0 Å². The van der Waals surface area contributed by atoms with Gasteiger partial charge in [0.2, 0.25) is 0 Å². The van der Waals surface area contributed by atoms with Crippen LogP contribution in [0.1, 0.15) is 20.7 Å². The summed E-state index contributed by atoms with van der Waals surface area (Å²) in [5.41, 5.74) is 0.167. The molecular formula is C15H24O10. The average Bonchev–Trinajstić information content (AvgIpc) is 2.62. The van der Waals surface area contributed by atoms with Crippen molar-refractivity contribution in [1.82, 2.24) is 0 Å². The second-order valence-corrected chi connectivity index (χ2v) is 4.27. The molecule has 0 aliphatic heterocycles. The maximum Gasteiger partial charge on any atom is 0.335 e. The zero-order chi connectivity index (χ0) is 19.7. The van der Waals surface area contributed by atoms with Gasteiger partial charge in [0.1, 0.15) is 6.10 Å². The van der Waals surface area contributed by atoms with E-state index in [9.17, 15) is 9.59 Å². The fraction of sp³-hybridized carbons (Fsp3) is 0.467. The number of aliphatic hydroxyl groups is 5. The van der Waals surface area contributed by atoms with Gasteiger partial charge in [-0.15, -0.1) is 0 Å². The standard InChI is InChI=1S/C8H6O4.C4H10O3.C3H8O3/c9-7(10)5-1-2-6(4-3-5)8(11)12;5-1-3-7-4-2-6;4-1-3(6)2-5/h1-4H,(H,9,10)(H,11,12);5-6H,1-4H2;3-6H,1-2H2. The van der Waals surface area contributed by atoms with Crippen molar-refractivity contribution in [3.63, 3.8) is 0 Å². The Morgan fingerprint density at radius 3 is 1.28 bits per heavy atom. The molecule has 0 heterocycles. The van der Waals surface area contributed by atoms with E-state index in [1.807, 2.05) is 0 Å². The van der Waals surface area contributed by atoms with Gasteiger partial charge in [0, 0.05) is 0 Å². The fourth-order valence-electron chi connectivity index (χ4n) is 1.04. The normalized spacial score (nSPS) is 9.52. The first-order valence-electron chi connectivity index (χ1n) is 7.09. The summed E-state index contributed by atoms with van der Waals surface area (Å²) in [6, 6.07) is 5.02. The number of benzene rings is 1. The van der Waals surface area contributed by atoms with Gasteiger partial charge < -0.3 is 40.5 Å². The molecule has 1 aromatic carbocycles. The third kappa shape index (κ3) is 15.2. The van der Waals surface area contributed by atoms with Crippen molar-refractivity contribution in [3.05, 3.63) is 35.4 Å². The Balaban J connectivity index is 0. The van der Waals surface area contributed by atoms with Gasteiger partial charge in [-0.05, 0) is 24.3 Å². The minimum atomic E-state index is -1.06. The van der Waals surface area contributed by atoms with Gasteiger partial charge in [0.05, 0.1) is 50.8 Å². The number of hydrogen-bond donors (Lipinski definition) is 7. The van der Waals surface area contributed by atoms with Crippen molar-refractivity contribution in [2.24, 2.45) is 0 Å². The van der Waals surface area contributed by atoms with Gasteiger partial charge in [0.25, 0.3) is 0 Å². The van der Waals surface area contributed by atoms with Gasteiger partial charge >= 0.3 is 11.9 Å². The Morgan fingerprint density at radius 2 is 1.12 bits per heavy atom. The highest BCUT2D eigenvalue weighted by molar-refractivity contribution is 5.91. The summed E-state index contributed by atoms with van der Waals surface area (Å²) in [5.74, 6) is -2.13. The van der Waals surface area contributed by atoms with Crippen molar-refractivity contribution in [1.29, 1.82) is 0 Å². The molecular weight excluding hydrogens is 340 g/mol. The van der Waals surface area contributed by atoms with Gasteiger partial charge in [0.15, 0.2) is 0 Å². The summed E-state index contributed by atoms with van der Waals surface area (Å²) in [4.78, 5) is 20.7. The largest absolute Gasteiger partial charge is 0.478 e. The number of carboxylic acid groups (broad SMARTS) is 2. The summed E-state index contributed by atoms with van der Waals surface area (Å²) in [6.45, 7) is -0.0336. The van der Waals surface area contributed by atoms with Crippen LogP contribution < -0.4 is 0 Å². The van der Waals surface area contributed by atoms with Crippen molar-refractivity contribution < 1.29 is 50.1 Å². The van der Waals surface area contributed by atoms with E-state index in [-0.39, 0.29) is 37.6 Å². The molecule has 0 aromatic heterocycles. The summed E-state index contributed by atoms with van der Waals surface area (Å²) in [5, 5.41) is 57.1. The molecule has 0 amide bonds. The van der Waals surface area contributed by atoms with E-state index in [1.165, 1.54) is 24.3 Å². The van der Waals surface area contributed by atoms with Gasteiger partial charge in [-0.1, -0.05) is 0 Å². The van der Waals surface area contributed by atoms with Crippen LogP contribution in [0.5, 0.6) is 0 Å². The lowest BCUT2D eigenvalue weighted by Crippen LogP contribution is -2.15. The van der Waals surface area contributed by atoms with Crippen molar-refractivity contribution in [2.75, 3.05) is 39.6 Å². The number of carboxylic acids is 2. The molecule has 0 unspecified atom stereocenters. The van der Waals surface area contributed by atoms with Gasteiger partial charge in [-0.3, -0.25) is 0 Å². The zero-order valence-corrected chi connectivity index (χ0v) is 13.5. The molecule has 0 spiro atoms. The van der Waals surface area contributed by atoms with E-state index in [0.717, 1.165) is 0 Å². The first-order chi connectivity index (χ1) is 11.8. The number of aromatic carboxylic acids is 2. The van der Waals surface area contributed by atoms with E-state index in [0.29, 0.717) is 13.2 Å². The second kappa shape index (κ2) is 16.8. The smallest absolute Gasteiger partial charge is 0.335 e. The minimum absolute atomic E-state index is 0.0278. The number of aliphatic hydroxyl groups excluding tert-OH is 5. The Hall–Kier alpha value is -2.08.